The Bertz CT molecular complexity index is 2190. The van der Waals surface area contributed by atoms with Gasteiger partial charge in [0.2, 0.25) is 0 Å². The zero-order valence-corrected chi connectivity index (χ0v) is 24.6. The first-order valence-corrected chi connectivity index (χ1v) is 15.6. The molecule has 8 aromatic rings. The highest BCUT2D eigenvalue weighted by Gasteiger charge is 2.22. The Morgan fingerprint density at radius 3 is 2.00 bits per heavy atom. The van der Waals surface area contributed by atoms with E-state index in [4.69, 9.17) is 0 Å². The third-order valence-electron chi connectivity index (χ3n) is 7.50. The third kappa shape index (κ3) is 3.87. The maximum Gasteiger partial charge on any atom is 0.0651 e. The summed E-state index contributed by atoms with van der Waals surface area (Å²) in [5.74, 6) is 0. The van der Waals surface area contributed by atoms with Crippen molar-refractivity contribution in [2.75, 3.05) is 4.90 Å². The van der Waals surface area contributed by atoms with Crippen LogP contribution in [0.15, 0.2) is 138 Å². The van der Waals surface area contributed by atoms with E-state index in [2.05, 4.69) is 154 Å². The molecule has 0 N–H and O–H groups in total. The molecule has 8 rings (SSSR count). The minimum Gasteiger partial charge on any atom is -0.308 e. The molecule has 0 atom stereocenters. The molecule has 0 fully saturated rings. The minimum absolute atomic E-state index is 1.07. The molecule has 0 aliphatic carbocycles. The van der Waals surface area contributed by atoms with Gasteiger partial charge in [0.25, 0.3) is 0 Å². The quantitative estimate of drug-likeness (QED) is 0.191. The topological polar surface area (TPSA) is 3.24 Å². The van der Waals surface area contributed by atoms with Crippen molar-refractivity contribution in [1.29, 1.82) is 0 Å². The van der Waals surface area contributed by atoms with Crippen LogP contribution in [0.2, 0.25) is 0 Å². The number of nitrogens with zero attached hydrogens (tertiary/aromatic N) is 1. The summed E-state index contributed by atoms with van der Waals surface area (Å²) in [4.78, 5) is 2.47. The Kier molecular flexibility index (Phi) is 5.73. The SMILES string of the molecule is Brc1cc(N(c2cccc(-c3ccccc3)c2)c2cccc3sc4ccccc4c23)c2sc3ccccc3c2c1. The molecule has 2 aromatic heterocycles. The van der Waals surface area contributed by atoms with Crippen LogP contribution >= 0.6 is 38.6 Å². The summed E-state index contributed by atoms with van der Waals surface area (Å²) in [5.41, 5.74) is 5.93. The smallest absolute Gasteiger partial charge is 0.0651 e. The van der Waals surface area contributed by atoms with Crippen molar-refractivity contribution in [2.45, 2.75) is 0 Å². The van der Waals surface area contributed by atoms with E-state index in [-0.39, 0.29) is 0 Å². The first-order chi connectivity index (χ1) is 19.7. The summed E-state index contributed by atoms with van der Waals surface area (Å²) in [6.45, 7) is 0. The third-order valence-corrected chi connectivity index (χ3v) is 10.3. The second kappa shape index (κ2) is 9.60. The molecule has 0 saturated carbocycles. The van der Waals surface area contributed by atoms with Gasteiger partial charge < -0.3 is 4.90 Å². The fourth-order valence-corrected chi connectivity index (χ4v) is 8.51. The molecular formula is C36H22BrNS2. The van der Waals surface area contributed by atoms with Gasteiger partial charge in [0, 0.05) is 45.8 Å². The predicted molar refractivity (Wildman–Crippen MR) is 180 cm³/mol. The average molecular weight is 613 g/mol. The number of anilines is 3. The van der Waals surface area contributed by atoms with Gasteiger partial charge >= 0.3 is 0 Å². The molecule has 1 nitrogen and oxygen atoms in total. The van der Waals surface area contributed by atoms with Crippen LogP contribution < -0.4 is 4.90 Å². The molecule has 0 aliphatic heterocycles. The van der Waals surface area contributed by atoms with Gasteiger partial charge in [-0.2, -0.15) is 0 Å². The van der Waals surface area contributed by atoms with E-state index in [9.17, 15) is 0 Å². The molecule has 190 valence electrons. The number of rotatable bonds is 4. The van der Waals surface area contributed by atoms with E-state index >= 15 is 0 Å². The van der Waals surface area contributed by atoms with Crippen LogP contribution in [0.1, 0.15) is 0 Å². The van der Waals surface area contributed by atoms with Gasteiger partial charge in [0.15, 0.2) is 0 Å². The lowest BCUT2D eigenvalue weighted by Gasteiger charge is -2.28. The van der Waals surface area contributed by atoms with E-state index in [1.807, 2.05) is 22.7 Å². The maximum absolute atomic E-state index is 3.88. The molecular weight excluding hydrogens is 590 g/mol. The molecule has 0 saturated heterocycles. The van der Waals surface area contributed by atoms with E-state index < -0.39 is 0 Å². The average Bonchev–Trinajstić information content (AvgIpc) is 3.57. The number of thiophene rings is 2. The molecule has 0 amide bonds. The van der Waals surface area contributed by atoms with Crippen molar-refractivity contribution in [3.63, 3.8) is 0 Å². The highest BCUT2D eigenvalue weighted by atomic mass is 79.9. The van der Waals surface area contributed by atoms with E-state index in [0.717, 1.165) is 10.2 Å². The summed E-state index contributed by atoms with van der Waals surface area (Å²) in [6.07, 6.45) is 0. The van der Waals surface area contributed by atoms with Crippen molar-refractivity contribution < 1.29 is 0 Å². The van der Waals surface area contributed by atoms with Gasteiger partial charge in [-0.15, -0.1) is 22.7 Å². The van der Waals surface area contributed by atoms with Gasteiger partial charge in [-0.1, -0.05) is 101 Å². The lowest BCUT2D eigenvalue weighted by atomic mass is 10.0. The zero-order valence-electron chi connectivity index (χ0n) is 21.3. The normalized spacial score (nSPS) is 11.6. The van der Waals surface area contributed by atoms with Gasteiger partial charge in [-0.25, -0.2) is 0 Å². The standard InChI is InChI=1S/C36H22BrNS2/c37-25-21-29-27-14-4-6-17-32(27)40-36(29)31(22-25)38(26-13-8-12-24(20-26)23-10-2-1-3-11-23)30-16-9-19-34-35(30)28-15-5-7-18-33(28)39-34/h1-22H. The monoisotopic (exact) mass is 611 g/mol. The van der Waals surface area contributed by atoms with Crippen LogP contribution in [0.3, 0.4) is 0 Å². The Balaban J connectivity index is 1.48. The second-order valence-electron chi connectivity index (χ2n) is 9.90. The number of fused-ring (bicyclic) bond motifs is 6. The second-order valence-corrected chi connectivity index (χ2v) is 13.0. The van der Waals surface area contributed by atoms with Crippen LogP contribution in [-0.4, -0.2) is 0 Å². The maximum atomic E-state index is 3.88. The lowest BCUT2D eigenvalue weighted by molar-refractivity contribution is 1.32. The molecule has 6 aromatic carbocycles. The fraction of sp³-hybridized carbons (Fsp3) is 0. The Hall–Kier alpha value is -3.96. The van der Waals surface area contributed by atoms with Crippen molar-refractivity contribution in [3.8, 4) is 11.1 Å². The molecule has 40 heavy (non-hydrogen) atoms. The number of benzene rings is 6. The van der Waals surface area contributed by atoms with Crippen LogP contribution in [-0.2, 0) is 0 Å². The van der Waals surface area contributed by atoms with E-state index in [1.54, 1.807) is 0 Å². The molecule has 0 spiro atoms. The fourth-order valence-electron chi connectivity index (χ4n) is 5.75. The first kappa shape index (κ1) is 23.9. The number of halogens is 1. The molecule has 0 bridgehead atoms. The minimum atomic E-state index is 1.07. The zero-order chi connectivity index (χ0) is 26.6. The predicted octanol–water partition coefficient (Wildman–Crippen LogP) is 12.3. The van der Waals surface area contributed by atoms with Crippen LogP contribution in [0.25, 0.3) is 51.5 Å². The van der Waals surface area contributed by atoms with E-state index in [1.165, 1.54) is 62.8 Å². The van der Waals surface area contributed by atoms with Gasteiger partial charge in [0.1, 0.15) is 0 Å². The van der Waals surface area contributed by atoms with Crippen molar-refractivity contribution in [1.82, 2.24) is 0 Å². The largest absolute Gasteiger partial charge is 0.308 e. The van der Waals surface area contributed by atoms with E-state index in [0.29, 0.717) is 0 Å². The van der Waals surface area contributed by atoms with Gasteiger partial charge in [-0.05, 0) is 59.7 Å². The van der Waals surface area contributed by atoms with Crippen molar-refractivity contribution >= 4 is 96.0 Å². The molecule has 0 radical (unpaired) electrons. The molecule has 0 aliphatic rings. The highest BCUT2D eigenvalue weighted by Crippen LogP contribution is 2.50. The van der Waals surface area contributed by atoms with Crippen LogP contribution in [0, 0.1) is 0 Å². The molecule has 0 unspecified atom stereocenters. The summed E-state index contributed by atoms with van der Waals surface area (Å²) in [5, 5.41) is 5.16. The number of hydrogen-bond donors (Lipinski definition) is 0. The Morgan fingerprint density at radius 2 is 1.15 bits per heavy atom. The first-order valence-electron chi connectivity index (χ1n) is 13.2. The van der Waals surface area contributed by atoms with Crippen molar-refractivity contribution in [2.24, 2.45) is 0 Å². The summed E-state index contributed by atoms with van der Waals surface area (Å²) < 4.78 is 6.26. The lowest BCUT2D eigenvalue weighted by Crippen LogP contribution is -2.10. The molecule has 2 heterocycles. The van der Waals surface area contributed by atoms with Crippen LogP contribution in [0.4, 0.5) is 17.1 Å². The van der Waals surface area contributed by atoms with Gasteiger partial charge in [0.05, 0.1) is 16.1 Å². The van der Waals surface area contributed by atoms with Crippen LogP contribution in [0.5, 0.6) is 0 Å². The summed E-state index contributed by atoms with van der Waals surface area (Å²) in [7, 11) is 0. The Morgan fingerprint density at radius 1 is 0.475 bits per heavy atom. The Labute approximate surface area is 248 Å². The number of hydrogen-bond acceptors (Lipinski definition) is 3. The summed E-state index contributed by atoms with van der Waals surface area (Å²) >= 11 is 7.61. The highest BCUT2D eigenvalue weighted by molar-refractivity contribution is 9.10. The summed E-state index contributed by atoms with van der Waals surface area (Å²) in [6, 6.07) is 48.3. The van der Waals surface area contributed by atoms with Gasteiger partial charge in [-0.3, -0.25) is 0 Å². The molecule has 4 heteroatoms. The van der Waals surface area contributed by atoms with Crippen molar-refractivity contribution in [3.05, 3.63) is 138 Å².